The monoisotopic (exact) mass is 384 g/mol. The van der Waals surface area contributed by atoms with Crippen molar-refractivity contribution < 1.29 is 14.3 Å². The molecule has 0 radical (unpaired) electrons. The lowest BCUT2D eigenvalue weighted by Gasteiger charge is -2.52. The second kappa shape index (κ2) is 9.58. The molecule has 152 valence electrons. The van der Waals surface area contributed by atoms with Crippen molar-refractivity contribution in [1.29, 1.82) is 0 Å². The minimum Gasteiger partial charge on any atom is -0.445 e. The van der Waals surface area contributed by atoms with Crippen molar-refractivity contribution in [2.45, 2.75) is 52.8 Å². The Morgan fingerprint density at radius 1 is 1.32 bits per heavy atom. The highest BCUT2D eigenvalue weighted by Crippen LogP contribution is 2.38. The van der Waals surface area contributed by atoms with E-state index in [1.54, 1.807) is 6.08 Å². The fourth-order valence-electron chi connectivity index (χ4n) is 3.65. The van der Waals surface area contributed by atoms with Crippen molar-refractivity contribution in [2.24, 2.45) is 11.3 Å². The van der Waals surface area contributed by atoms with Gasteiger partial charge in [-0.1, -0.05) is 69.3 Å². The van der Waals surface area contributed by atoms with Crippen LogP contribution in [-0.4, -0.2) is 35.5 Å². The highest BCUT2D eigenvalue weighted by atomic mass is 16.5. The molecule has 5 heteroatoms. The summed E-state index contributed by atoms with van der Waals surface area (Å²) in [5.74, 6) is -0.224. The standard InChI is InChI=1S/C23H32N2O3/c1-6-8-14-18-19(21(26)25(18)15-7-2)20(23(3,4)5)24-22(27)28-16-17-12-10-9-11-13-17/h6-13,18-20H,2,14-16H2,1,3-5H3,(H,24,27)/b8-6+/t18-,19+,20-/m1/s1. The smallest absolute Gasteiger partial charge is 0.407 e. The van der Waals surface area contributed by atoms with Crippen LogP contribution in [0.2, 0.25) is 0 Å². The fourth-order valence-corrected chi connectivity index (χ4v) is 3.65. The predicted molar refractivity (Wildman–Crippen MR) is 112 cm³/mol. The zero-order valence-corrected chi connectivity index (χ0v) is 17.4. The third-order valence-electron chi connectivity index (χ3n) is 5.10. The number of benzene rings is 1. The molecular formula is C23H32N2O3. The molecule has 3 atom stereocenters. The van der Waals surface area contributed by atoms with Crippen LogP contribution in [0, 0.1) is 11.3 Å². The molecule has 0 aliphatic carbocycles. The van der Waals surface area contributed by atoms with Crippen molar-refractivity contribution in [1.82, 2.24) is 10.2 Å². The normalized spacial score (nSPS) is 20.6. The molecule has 1 N–H and O–H groups in total. The number of hydrogen-bond acceptors (Lipinski definition) is 3. The third kappa shape index (κ3) is 5.24. The molecule has 1 aromatic carbocycles. The first-order valence-electron chi connectivity index (χ1n) is 9.79. The first-order chi connectivity index (χ1) is 13.3. The predicted octanol–water partition coefficient (Wildman–Crippen LogP) is 4.31. The summed E-state index contributed by atoms with van der Waals surface area (Å²) in [6.45, 7) is 12.5. The maximum absolute atomic E-state index is 12.8. The van der Waals surface area contributed by atoms with Gasteiger partial charge in [-0.3, -0.25) is 4.79 Å². The fraction of sp³-hybridized carbons (Fsp3) is 0.478. The molecule has 1 aromatic rings. The number of nitrogens with one attached hydrogen (secondary N) is 1. The van der Waals surface area contributed by atoms with Crippen LogP contribution in [0.15, 0.2) is 55.1 Å². The van der Waals surface area contributed by atoms with Crippen molar-refractivity contribution in [3.63, 3.8) is 0 Å². The Kier molecular flexibility index (Phi) is 7.44. The summed E-state index contributed by atoms with van der Waals surface area (Å²) in [6.07, 6.45) is 6.05. The number of amides is 2. The van der Waals surface area contributed by atoms with E-state index in [1.807, 2.05) is 69.0 Å². The van der Waals surface area contributed by atoms with Crippen molar-refractivity contribution in [2.75, 3.05) is 6.54 Å². The summed E-state index contributed by atoms with van der Waals surface area (Å²) in [6, 6.07) is 9.26. The number of rotatable bonds is 8. The molecule has 0 unspecified atom stereocenters. The van der Waals surface area contributed by atoms with Gasteiger partial charge in [0.1, 0.15) is 6.61 Å². The van der Waals surface area contributed by atoms with Gasteiger partial charge >= 0.3 is 6.09 Å². The van der Waals surface area contributed by atoms with E-state index in [4.69, 9.17) is 4.74 Å². The summed E-state index contributed by atoms with van der Waals surface area (Å²) in [5.41, 5.74) is 0.633. The van der Waals surface area contributed by atoms with E-state index in [2.05, 4.69) is 18.0 Å². The van der Waals surface area contributed by atoms with Gasteiger partial charge in [0.2, 0.25) is 5.91 Å². The van der Waals surface area contributed by atoms with E-state index in [-0.39, 0.29) is 35.9 Å². The number of likely N-dealkylation sites (tertiary alicyclic amines) is 1. The van der Waals surface area contributed by atoms with E-state index in [0.717, 1.165) is 12.0 Å². The highest BCUT2D eigenvalue weighted by Gasteiger charge is 2.53. The molecule has 2 amide bonds. The average Bonchev–Trinajstić information content (AvgIpc) is 2.66. The van der Waals surface area contributed by atoms with Crippen LogP contribution in [0.3, 0.4) is 0 Å². The number of β-lactam (4-membered cyclic amide) rings is 1. The van der Waals surface area contributed by atoms with E-state index in [9.17, 15) is 9.59 Å². The van der Waals surface area contributed by atoms with E-state index in [1.165, 1.54) is 0 Å². The van der Waals surface area contributed by atoms with Gasteiger partial charge in [0.15, 0.2) is 0 Å². The van der Waals surface area contributed by atoms with Crippen LogP contribution in [0.5, 0.6) is 0 Å². The Labute approximate surface area is 168 Å². The number of carbonyl (C=O) groups is 2. The summed E-state index contributed by atoms with van der Waals surface area (Å²) in [7, 11) is 0. The van der Waals surface area contributed by atoms with Crippen molar-refractivity contribution in [3.05, 3.63) is 60.7 Å². The zero-order chi connectivity index (χ0) is 20.7. The van der Waals surface area contributed by atoms with Gasteiger partial charge < -0.3 is 15.0 Å². The second-order valence-electron chi connectivity index (χ2n) is 8.23. The average molecular weight is 385 g/mol. The topological polar surface area (TPSA) is 58.6 Å². The quantitative estimate of drug-likeness (QED) is 0.537. The van der Waals surface area contributed by atoms with E-state index in [0.29, 0.717) is 6.54 Å². The maximum atomic E-state index is 12.8. The van der Waals surface area contributed by atoms with Gasteiger partial charge in [-0.2, -0.15) is 0 Å². The Hall–Kier alpha value is -2.56. The molecule has 0 aromatic heterocycles. The Bertz CT molecular complexity index is 706. The number of hydrogen-bond donors (Lipinski definition) is 1. The van der Waals surface area contributed by atoms with Crippen LogP contribution >= 0.6 is 0 Å². The van der Waals surface area contributed by atoms with Gasteiger partial charge in [0, 0.05) is 12.6 Å². The van der Waals surface area contributed by atoms with Gasteiger partial charge in [-0.25, -0.2) is 4.79 Å². The second-order valence-corrected chi connectivity index (χ2v) is 8.23. The Morgan fingerprint density at radius 2 is 2.00 bits per heavy atom. The van der Waals surface area contributed by atoms with E-state index < -0.39 is 6.09 Å². The lowest BCUT2D eigenvalue weighted by molar-refractivity contribution is -0.159. The first-order valence-corrected chi connectivity index (χ1v) is 9.79. The van der Waals surface area contributed by atoms with Gasteiger partial charge in [-0.15, -0.1) is 6.58 Å². The van der Waals surface area contributed by atoms with Gasteiger partial charge in [0.25, 0.3) is 0 Å². The van der Waals surface area contributed by atoms with Crippen LogP contribution in [0.4, 0.5) is 4.79 Å². The highest BCUT2D eigenvalue weighted by molar-refractivity contribution is 5.87. The molecule has 28 heavy (non-hydrogen) atoms. The van der Waals surface area contributed by atoms with Crippen molar-refractivity contribution in [3.8, 4) is 0 Å². The van der Waals surface area contributed by atoms with Crippen molar-refractivity contribution >= 4 is 12.0 Å². The zero-order valence-electron chi connectivity index (χ0n) is 17.4. The first kappa shape index (κ1) is 21.7. The lowest BCUT2D eigenvalue weighted by Crippen LogP contribution is -2.69. The minimum atomic E-state index is -0.497. The number of allylic oxidation sites excluding steroid dienone is 1. The van der Waals surface area contributed by atoms with Crippen LogP contribution in [0.1, 0.15) is 39.7 Å². The van der Waals surface area contributed by atoms with Gasteiger partial charge in [0.05, 0.1) is 12.0 Å². The molecule has 1 fully saturated rings. The van der Waals surface area contributed by atoms with E-state index >= 15 is 0 Å². The van der Waals surface area contributed by atoms with Crippen LogP contribution < -0.4 is 5.32 Å². The number of nitrogens with zero attached hydrogens (tertiary/aromatic N) is 1. The summed E-state index contributed by atoms with van der Waals surface area (Å²) in [4.78, 5) is 27.1. The molecule has 1 aliphatic rings. The molecular weight excluding hydrogens is 352 g/mol. The molecule has 0 spiro atoms. The summed E-state index contributed by atoms with van der Waals surface area (Å²) >= 11 is 0. The number of alkyl carbamates (subject to hydrolysis) is 1. The number of carbonyl (C=O) groups excluding carboxylic acids is 2. The molecule has 5 nitrogen and oxygen atoms in total. The summed E-state index contributed by atoms with van der Waals surface area (Å²) < 4.78 is 5.39. The molecule has 1 heterocycles. The molecule has 0 saturated carbocycles. The maximum Gasteiger partial charge on any atom is 0.407 e. The lowest BCUT2D eigenvalue weighted by atomic mass is 9.70. The van der Waals surface area contributed by atoms with Crippen LogP contribution in [0.25, 0.3) is 0 Å². The molecule has 0 bridgehead atoms. The molecule has 2 rings (SSSR count). The number of ether oxygens (including phenoxy) is 1. The molecule has 1 aliphatic heterocycles. The summed E-state index contributed by atoms with van der Waals surface area (Å²) in [5, 5.41) is 2.97. The Morgan fingerprint density at radius 3 is 2.57 bits per heavy atom. The van der Waals surface area contributed by atoms with Crippen LogP contribution in [-0.2, 0) is 16.1 Å². The minimum absolute atomic E-state index is 0.0420. The van der Waals surface area contributed by atoms with Gasteiger partial charge in [-0.05, 0) is 24.3 Å². The SMILES string of the molecule is C=CCN1C(=O)[C@H]([C@@H](NC(=O)OCc2ccccc2)C(C)(C)C)[C@H]1C/C=C/C. The Balaban J connectivity index is 2.10. The largest absolute Gasteiger partial charge is 0.445 e. The third-order valence-corrected chi connectivity index (χ3v) is 5.10. The molecule has 1 saturated heterocycles.